The molecule has 0 aliphatic heterocycles. The normalized spacial score (nSPS) is 12.0. The number of aryl methyl sites for hydroxylation is 1. The molecule has 0 saturated heterocycles. The summed E-state index contributed by atoms with van der Waals surface area (Å²) in [5, 5.41) is 10.6. The minimum absolute atomic E-state index is 0.163. The van der Waals surface area contributed by atoms with Gasteiger partial charge in [-0.25, -0.2) is 9.97 Å². The average molecular weight is 362 g/mol. The fourth-order valence-electron chi connectivity index (χ4n) is 2.61. The average Bonchev–Trinajstić information content (AvgIpc) is 2.70. The van der Waals surface area contributed by atoms with Crippen LogP contribution in [0.3, 0.4) is 0 Å². The highest BCUT2D eigenvalue weighted by Crippen LogP contribution is 2.18. The molecule has 7 nitrogen and oxygen atoms in total. The molecule has 0 saturated carbocycles. The van der Waals surface area contributed by atoms with Gasteiger partial charge in [0.05, 0.1) is 11.4 Å². The smallest absolute Gasteiger partial charge is 0.256 e. The molecule has 3 rings (SSSR count). The molecule has 0 aliphatic rings. The van der Waals surface area contributed by atoms with E-state index in [1.807, 2.05) is 44.3 Å². The van der Waals surface area contributed by atoms with Crippen LogP contribution in [0.15, 0.2) is 55.0 Å². The van der Waals surface area contributed by atoms with Crippen molar-refractivity contribution < 1.29 is 4.79 Å². The second-order valence-electron chi connectivity index (χ2n) is 6.44. The molecule has 2 heterocycles. The van der Waals surface area contributed by atoms with Gasteiger partial charge in [-0.3, -0.25) is 9.69 Å². The lowest BCUT2D eigenvalue weighted by Crippen LogP contribution is -2.22. The van der Waals surface area contributed by atoms with Gasteiger partial charge in [-0.1, -0.05) is 12.1 Å². The monoisotopic (exact) mass is 362 g/mol. The van der Waals surface area contributed by atoms with E-state index in [0.717, 1.165) is 23.5 Å². The van der Waals surface area contributed by atoms with Gasteiger partial charge in [-0.05, 0) is 56.8 Å². The van der Waals surface area contributed by atoms with Crippen LogP contribution in [-0.4, -0.2) is 38.0 Å². The molecular formula is C20H22N6O. The lowest BCUT2D eigenvalue weighted by atomic mass is 10.1. The Bertz CT molecular complexity index is 881. The van der Waals surface area contributed by atoms with E-state index in [1.165, 1.54) is 0 Å². The number of rotatable bonds is 6. The summed E-state index contributed by atoms with van der Waals surface area (Å²) in [7, 11) is 2.05. The molecule has 1 aromatic carbocycles. The fraction of sp³-hybridized carbons (Fsp3) is 0.250. The number of aromatic nitrogens is 4. The van der Waals surface area contributed by atoms with Gasteiger partial charge >= 0.3 is 0 Å². The number of nitrogens with zero attached hydrogens (tertiary/aromatic N) is 5. The second kappa shape index (κ2) is 8.46. The first-order chi connectivity index (χ1) is 13.0. The SMILES string of the molecule is Cc1ccc(NC(=O)c2ccc(CN(C)[C@H](C)c3ccncn3)cc2)nn1. The van der Waals surface area contributed by atoms with Crippen molar-refractivity contribution >= 4 is 11.7 Å². The van der Waals surface area contributed by atoms with Crippen LogP contribution in [0.1, 0.15) is 40.3 Å². The van der Waals surface area contributed by atoms with Crippen LogP contribution < -0.4 is 5.32 Å². The molecule has 1 amide bonds. The van der Waals surface area contributed by atoms with Gasteiger partial charge in [-0.2, -0.15) is 5.10 Å². The predicted molar refractivity (Wildman–Crippen MR) is 103 cm³/mol. The zero-order valence-corrected chi connectivity index (χ0v) is 15.6. The summed E-state index contributed by atoms with van der Waals surface area (Å²) in [5.41, 5.74) is 3.47. The maximum atomic E-state index is 12.3. The number of benzene rings is 1. The summed E-state index contributed by atoms with van der Waals surface area (Å²) in [4.78, 5) is 22.8. The third kappa shape index (κ3) is 4.92. The second-order valence-corrected chi connectivity index (χ2v) is 6.44. The Morgan fingerprint density at radius 1 is 1.11 bits per heavy atom. The Balaban J connectivity index is 1.61. The van der Waals surface area contributed by atoms with E-state index in [9.17, 15) is 4.79 Å². The molecule has 0 fully saturated rings. The standard InChI is InChI=1S/C20H22N6O/c1-14-4-9-19(25-24-14)23-20(27)17-7-5-16(6-8-17)12-26(3)15(2)18-10-11-21-13-22-18/h4-11,13,15H,12H2,1-3H3,(H,23,25,27)/t15-/m1/s1. The summed E-state index contributed by atoms with van der Waals surface area (Å²) < 4.78 is 0. The van der Waals surface area contributed by atoms with Gasteiger partial charge in [-0.15, -0.1) is 5.10 Å². The summed E-state index contributed by atoms with van der Waals surface area (Å²) in [6, 6.07) is 13.2. The number of anilines is 1. The van der Waals surface area contributed by atoms with Crippen LogP contribution >= 0.6 is 0 Å². The Hall–Kier alpha value is -3.19. The zero-order valence-electron chi connectivity index (χ0n) is 15.6. The highest BCUT2D eigenvalue weighted by Gasteiger charge is 2.13. The first-order valence-corrected chi connectivity index (χ1v) is 8.69. The van der Waals surface area contributed by atoms with E-state index in [0.29, 0.717) is 11.4 Å². The minimum atomic E-state index is -0.206. The highest BCUT2D eigenvalue weighted by atomic mass is 16.1. The van der Waals surface area contributed by atoms with E-state index in [1.54, 1.807) is 24.7 Å². The lowest BCUT2D eigenvalue weighted by molar-refractivity contribution is 0.102. The van der Waals surface area contributed by atoms with Crippen LogP contribution in [0.25, 0.3) is 0 Å². The molecule has 138 valence electrons. The van der Waals surface area contributed by atoms with Crippen molar-refractivity contribution in [2.45, 2.75) is 26.4 Å². The van der Waals surface area contributed by atoms with E-state index >= 15 is 0 Å². The van der Waals surface area contributed by atoms with Crippen molar-refractivity contribution in [2.75, 3.05) is 12.4 Å². The van der Waals surface area contributed by atoms with Crippen molar-refractivity contribution in [3.05, 3.63) is 77.5 Å². The molecule has 7 heteroatoms. The molecule has 0 spiro atoms. The van der Waals surface area contributed by atoms with Crippen LogP contribution in [0.5, 0.6) is 0 Å². The minimum Gasteiger partial charge on any atom is -0.305 e. The third-order valence-corrected chi connectivity index (χ3v) is 4.38. The van der Waals surface area contributed by atoms with Gasteiger partial charge in [0.1, 0.15) is 6.33 Å². The molecule has 0 radical (unpaired) electrons. The molecule has 0 unspecified atom stereocenters. The molecule has 1 atom stereocenters. The number of carbonyl (C=O) groups is 1. The van der Waals surface area contributed by atoms with E-state index < -0.39 is 0 Å². The Kier molecular flexibility index (Phi) is 5.83. The van der Waals surface area contributed by atoms with E-state index in [2.05, 4.69) is 37.3 Å². The lowest BCUT2D eigenvalue weighted by Gasteiger charge is -2.24. The van der Waals surface area contributed by atoms with Gasteiger partial charge < -0.3 is 5.32 Å². The third-order valence-electron chi connectivity index (χ3n) is 4.38. The molecule has 1 N–H and O–H groups in total. The molecule has 27 heavy (non-hydrogen) atoms. The fourth-order valence-corrected chi connectivity index (χ4v) is 2.61. The molecule has 0 aliphatic carbocycles. The van der Waals surface area contributed by atoms with Crippen molar-refractivity contribution in [3.63, 3.8) is 0 Å². The zero-order chi connectivity index (χ0) is 19.2. The number of hydrogen-bond acceptors (Lipinski definition) is 6. The number of amides is 1. The molecule has 3 aromatic rings. The molecular weight excluding hydrogens is 340 g/mol. The quantitative estimate of drug-likeness (QED) is 0.726. The van der Waals surface area contributed by atoms with Crippen molar-refractivity contribution in [2.24, 2.45) is 0 Å². The van der Waals surface area contributed by atoms with Crippen LogP contribution in [-0.2, 0) is 6.54 Å². The maximum absolute atomic E-state index is 12.3. The maximum Gasteiger partial charge on any atom is 0.256 e. The van der Waals surface area contributed by atoms with E-state index in [4.69, 9.17) is 0 Å². The topological polar surface area (TPSA) is 83.9 Å². The van der Waals surface area contributed by atoms with Crippen molar-refractivity contribution in [1.29, 1.82) is 0 Å². The molecule has 2 aromatic heterocycles. The van der Waals surface area contributed by atoms with Gasteiger partial charge in [0, 0.05) is 24.3 Å². The van der Waals surface area contributed by atoms with Crippen LogP contribution in [0, 0.1) is 6.92 Å². The van der Waals surface area contributed by atoms with Gasteiger partial charge in [0.15, 0.2) is 5.82 Å². The number of carbonyl (C=O) groups excluding carboxylic acids is 1. The van der Waals surface area contributed by atoms with Crippen molar-refractivity contribution in [3.8, 4) is 0 Å². The van der Waals surface area contributed by atoms with E-state index in [-0.39, 0.29) is 11.9 Å². The Morgan fingerprint density at radius 2 is 1.89 bits per heavy atom. The van der Waals surface area contributed by atoms with Crippen molar-refractivity contribution in [1.82, 2.24) is 25.1 Å². The largest absolute Gasteiger partial charge is 0.305 e. The summed E-state index contributed by atoms with van der Waals surface area (Å²) in [5.74, 6) is 0.232. The van der Waals surface area contributed by atoms with Crippen LogP contribution in [0.2, 0.25) is 0 Å². The first kappa shape index (κ1) is 18.6. The number of hydrogen-bond donors (Lipinski definition) is 1. The first-order valence-electron chi connectivity index (χ1n) is 8.69. The highest BCUT2D eigenvalue weighted by molar-refractivity contribution is 6.03. The van der Waals surface area contributed by atoms with Gasteiger partial charge in [0.2, 0.25) is 0 Å². The van der Waals surface area contributed by atoms with Crippen LogP contribution in [0.4, 0.5) is 5.82 Å². The molecule has 0 bridgehead atoms. The summed E-state index contributed by atoms with van der Waals surface area (Å²) in [6.07, 6.45) is 3.31. The Labute approximate surface area is 158 Å². The summed E-state index contributed by atoms with van der Waals surface area (Å²) in [6.45, 7) is 4.70. The Morgan fingerprint density at radius 3 is 2.52 bits per heavy atom. The predicted octanol–water partition coefficient (Wildman–Crippen LogP) is 3.02. The summed E-state index contributed by atoms with van der Waals surface area (Å²) >= 11 is 0. The number of nitrogens with one attached hydrogen (secondary N) is 1. The van der Waals surface area contributed by atoms with Gasteiger partial charge in [0.25, 0.3) is 5.91 Å².